The molecule has 126 valence electrons. The number of hydrogen-bond donors (Lipinski definition) is 1. The van der Waals surface area contributed by atoms with E-state index in [4.69, 9.17) is 4.74 Å². The van der Waals surface area contributed by atoms with Gasteiger partial charge in [-0.2, -0.15) is 0 Å². The Morgan fingerprint density at radius 3 is 2.96 bits per heavy atom. The summed E-state index contributed by atoms with van der Waals surface area (Å²) < 4.78 is 5.02. The van der Waals surface area contributed by atoms with E-state index in [1.807, 2.05) is 17.0 Å². The molecule has 1 N–H and O–H groups in total. The fraction of sp³-hybridized carbons (Fsp3) is 0.389. The first-order valence-electron chi connectivity index (χ1n) is 8.19. The van der Waals surface area contributed by atoms with Crippen molar-refractivity contribution in [2.75, 3.05) is 32.1 Å². The largest absolute Gasteiger partial charge is 0.385 e. The number of amides is 1. The van der Waals surface area contributed by atoms with Crippen LogP contribution in [0.4, 0.5) is 5.82 Å². The van der Waals surface area contributed by atoms with Crippen molar-refractivity contribution in [2.24, 2.45) is 0 Å². The average molecular weight is 326 g/mol. The van der Waals surface area contributed by atoms with E-state index in [-0.39, 0.29) is 5.91 Å². The van der Waals surface area contributed by atoms with Crippen LogP contribution in [-0.4, -0.2) is 47.6 Å². The molecular formula is C18H22N4O2. The molecular weight excluding hydrogens is 304 g/mol. The topological polar surface area (TPSA) is 67.3 Å². The van der Waals surface area contributed by atoms with Gasteiger partial charge in [0.1, 0.15) is 17.8 Å². The number of nitrogens with one attached hydrogen (secondary N) is 1. The molecule has 0 unspecified atom stereocenters. The number of carbonyl (C=O) groups is 1. The molecule has 6 heteroatoms. The van der Waals surface area contributed by atoms with Gasteiger partial charge in [-0.3, -0.25) is 4.79 Å². The fourth-order valence-electron chi connectivity index (χ4n) is 2.83. The summed E-state index contributed by atoms with van der Waals surface area (Å²) in [7, 11) is 1.68. The maximum absolute atomic E-state index is 12.7. The van der Waals surface area contributed by atoms with Crippen molar-refractivity contribution in [1.29, 1.82) is 0 Å². The maximum atomic E-state index is 12.7. The fourth-order valence-corrected chi connectivity index (χ4v) is 2.83. The van der Waals surface area contributed by atoms with E-state index < -0.39 is 0 Å². The first-order valence-corrected chi connectivity index (χ1v) is 8.19. The van der Waals surface area contributed by atoms with E-state index in [2.05, 4.69) is 27.4 Å². The molecule has 0 fully saturated rings. The Labute approximate surface area is 141 Å². The summed E-state index contributed by atoms with van der Waals surface area (Å²) in [5, 5.41) is 3.19. The second kappa shape index (κ2) is 7.88. The molecule has 1 aliphatic heterocycles. The summed E-state index contributed by atoms with van der Waals surface area (Å²) in [5.41, 5.74) is 2.97. The zero-order valence-electron chi connectivity index (χ0n) is 13.9. The van der Waals surface area contributed by atoms with Crippen LogP contribution in [-0.2, 0) is 17.7 Å². The van der Waals surface area contributed by atoms with Crippen molar-refractivity contribution in [2.45, 2.75) is 19.4 Å². The molecule has 0 saturated carbocycles. The Bertz CT molecular complexity index is 705. The molecule has 0 spiro atoms. The lowest BCUT2D eigenvalue weighted by molar-refractivity contribution is 0.0728. The van der Waals surface area contributed by atoms with Crippen molar-refractivity contribution in [3.05, 3.63) is 53.5 Å². The van der Waals surface area contributed by atoms with Gasteiger partial charge in [-0.15, -0.1) is 0 Å². The third-order valence-corrected chi connectivity index (χ3v) is 4.14. The third-order valence-electron chi connectivity index (χ3n) is 4.14. The van der Waals surface area contributed by atoms with Crippen molar-refractivity contribution < 1.29 is 9.53 Å². The number of ether oxygens (including phenoxy) is 1. The van der Waals surface area contributed by atoms with Gasteiger partial charge in [0.25, 0.3) is 5.91 Å². The van der Waals surface area contributed by atoms with Gasteiger partial charge in [0.15, 0.2) is 0 Å². The third kappa shape index (κ3) is 3.89. The summed E-state index contributed by atoms with van der Waals surface area (Å²) in [4.78, 5) is 22.9. The van der Waals surface area contributed by atoms with Gasteiger partial charge in [0.2, 0.25) is 0 Å². The lowest BCUT2D eigenvalue weighted by Crippen LogP contribution is -2.36. The number of carbonyl (C=O) groups excluding carboxylic acids is 1. The van der Waals surface area contributed by atoms with Crippen molar-refractivity contribution in [1.82, 2.24) is 14.9 Å². The monoisotopic (exact) mass is 326 g/mol. The molecule has 0 radical (unpaired) electrons. The number of fused-ring (bicyclic) bond motifs is 1. The van der Waals surface area contributed by atoms with E-state index in [1.165, 1.54) is 17.5 Å². The van der Waals surface area contributed by atoms with Crippen LogP contribution in [0, 0.1) is 0 Å². The standard InChI is InChI=1S/C18H22N4O2/c1-24-10-4-8-19-17-11-16(20-13-21-17)18(23)22-9-7-14-5-2-3-6-15(14)12-22/h2-3,5-6,11,13H,4,7-10,12H2,1H3,(H,19,20,21). The summed E-state index contributed by atoms with van der Waals surface area (Å²) in [6.07, 6.45) is 3.20. The van der Waals surface area contributed by atoms with E-state index >= 15 is 0 Å². The Morgan fingerprint density at radius 1 is 1.29 bits per heavy atom. The highest BCUT2D eigenvalue weighted by Crippen LogP contribution is 2.20. The molecule has 1 amide bonds. The van der Waals surface area contributed by atoms with Crippen LogP contribution in [0.1, 0.15) is 28.0 Å². The Kier molecular flexibility index (Phi) is 5.38. The Balaban J connectivity index is 1.65. The minimum absolute atomic E-state index is 0.0492. The molecule has 2 aromatic rings. The number of rotatable bonds is 6. The van der Waals surface area contributed by atoms with Gasteiger partial charge >= 0.3 is 0 Å². The van der Waals surface area contributed by atoms with Crippen LogP contribution in [0.3, 0.4) is 0 Å². The minimum Gasteiger partial charge on any atom is -0.385 e. The number of aromatic nitrogens is 2. The van der Waals surface area contributed by atoms with E-state index in [0.717, 1.165) is 25.9 Å². The number of methoxy groups -OCH3 is 1. The smallest absolute Gasteiger partial charge is 0.272 e. The highest BCUT2D eigenvalue weighted by atomic mass is 16.5. The molecule has 1 aromatic heterocycles. The lowest BCUT2D eigenvalue weighted by atomic mass is 10.00. The van der Waals surface area contributed by atoms with Crippen LogP contribution in [0.5, 0.6) is 0 Å². The predicted molar refractivity (Wildman–Crippen MR) is 91.9 cm³/mol. The number of hydrogen-bond acceptors (Lipinski definition) is 5. The Morgan fingerprint density at radius 2 is 2.12 bits per heavy atom. The van der Waals surface area contributed by atoms with Gasteiger partial charge < -0.3 is 15.0 Å². The number of anilines is 1. The van der Waals surface area contributed by atoms with Gasteiger partial charge in [0.05, 0.1) is 0 Å². The summed E-state index contributed by atoms with van der Waals surface area (Å²) in [6, 6.07) is 9.98. The predicted octanol–water partition coefficient (Wildman–Crippen LogP) is 2.12. The minimum atomic E-state index is -0.0492. The number of nitrogens with zero attached hydrogens (tertiary/aromatic N) is 3. The van der Waals surface area contributed by atoms with E-state index in [0.29, 0.717) is 24.7 Å². The highest BCUT2D eigenvalue weighted by Gasteiger charge is 2.22. The van der Waals surface area contributed by atoms with Crippen LogP contribution in [0.2, 0.25) is 0 Å². The van der Waals surface area contributed by atoms with Gasteiger partial charge in [0, 0.05) is 39.4 Å². The second-order valence-electron chi connectivity index (χ2n) is 5.81. The number of benzene rings is 1. The zero-order valence-corrected chi connectivity index (χ0v) is 13.9. The summed E-state index contributed by atoms with van der Waals surface area (Å²) in [6.45, 7) is 2.79. The van der Waals surface area contributed by atoms with Crippen LogP contribution in [0.15, 0.2) is 36.7 Å². The molecule has 0 atom stereocenters. The van der Waals surface area contributed by atoms with Crippen LogP contribution < -0.4 is 5.32 Å². The molecule has 2 heterocycles. The van der Waals surface area contributed by atoms with E-state index in [9.17, 15) is 4.79 Å². The van der Waals surface area contributed by atoms with Crippen LogP contribution in [0.25, 0.3) is 0 Å². The average Bonchev–Trinajstić information content (AvgIpc) is 2.64. The molecule has 24 heavy (non-hydrogen) atoms. The van der Waals surface area contributed by atoms with Crippen molar-refractivity contribution in [3.8, 4) is 0 Å². The van der Waals surface area contributed by atoms with Gasteiger partial charge in [-0.1, -0.05) is 24.3 Å². The van der Waals surface area contributed by atoms with Gasteiger partial charge in [-0.05, 0) is 24.0 Å². The maximum Gasteiger partial charge on any atom is 0.272 e. The lowest BCUT2D eigenvalue weighted by Gasteiger charge is -2.28. The van der Waals surface area contributed by atoms with Crippen LogP contribution >= 0.6 is 0 Å². The molecule has 6 nitrogen and oxygen atoms in total. The second-order valence-corrected chi connectivity index (χ2v) is 5.81. The Hall–Kier alpha value is -2.47. The van der Waals surface area contributed by atoms with Crippen molar-refractivity contribution in [3.63, 3.8) is 0 Å². The SMILES string of the molecule is COCCCNc1cc(C(=O)N2CCc3ccccc3C2)ncn1. The first-order chi connectivity index (χ1) is 11.8. The molecule has 1 aromatic carbocycles. The van der Waals surface area contributed by atoms with E-state index in [1.54, 1.807) is 13.2 Å². The first kappa shape index (κ1) is 16.4. The molecule has 0 aliphatic carbocycles. The summed E-state index contributed by atoms with van der Waals surface area (Å²) >= 11 is 0. The van der Waals surface area contributed by atoms with Crippen molar-refractivity contribution >= 4 is 11.7 Å². The summed E-state index contributed by atoms with van der Waals surface area (Å²) in [5.74, 6) is 0.619. The molecule has 3 rings (SSSR count). The molecule has 0 saturated heterocycles. The van der Waals surface area contributed by atoms with Gasteiger partial charge in [-0.25, -0.2) is 9.97 Å². The normalized spacial score (nSPS) is 13.5. The zero-order chi connectivity index (χ0) is 16.8. The highest BCUT2D eigenvalue weighted by molar-refractivity contribution is 5.93. The molecule has 0 bridgehead atoms. The quantitative estimate of drug-likeness (QED) is 0.824. The molecule has 1 aliphatic rings.